The Balaban J connectivity index is 2.18. The van der Waals surface area contributed by atoms with E-state index in [1.165, 1.54) is 11.1 Å². The van der Waals surface area contributed by atoms with Gasteiger partial charge in [0.15, 0.2) is 0 Å². The van der Waals surface area contributed by atoms with E-state index in [2.05, 4.69) is 72.5 Å². The predicted molar refractivity (Wildman–Crippen MR) is 171 cm³/mol. The molecule has 0 amide bonds. The van der Waals surface area contributed by atoms with E-state index in [0.29, 0.717) is 5.56 Å². The molecule has 3 N–H and O–H groups in total. The number of benzene rings is 2. The number of nitrogens with one attached hydrogen (secondary N) is 1. The third-order valence-electron chi connectivity index (χ3n) is 7.64. The van der Waals surface area contributed by atoms with Gasteiger partial charge in [0, 0.05) is 17.5 Å². The highest BCUT2D eigenvalue weighted by Crippen LogP contribution is 2.31. The molecule has 1 heterocycles. The second-order valence-corrected chi connectivity index (χ2v) is 11.2. The SMILES string of the molecule is C=C/C(=C\C=C(/C)c1ccccc1C(=N)N)C(C)n1c(CCCC)cn(-c2c(C(C)C)cccc2C(C)C)c1=O. The van der Waals surface area contributed by atoms with Crippen molar-refractivity contribution in [2.75, 3.05) is 0 Å². The minimum Gasteiger partial charge on any atom is -0.384 e. The van der Waals surface area contributed by atoms with Gasteiger partial charge in [-0.3, -0.25) is 14.5 Å². The van der Waals surface area contributed by atoms with Crippen molar-refractivity contribution in [2.45, 2.75) is 85.6 Å². The lowest BCUT2D eigenvalue weighted by Gasteiger charge is -2.20. The molecule has 0 aliphatic rings. The summed E-state index contributed by atoms with van der Waals surface area (Å²) in [6.45, 7) is 19.1. The third kappa shape index (κ3) is 6.47. The van der Waals surface area contributed by atoms with E-state index in [-0.39, 0.29) is 29.4 Å². The summed E-state index contributed by atoms with van der Waals surface area (Å²) in [7, 11) is 0. The molecule has 1 unspecified atom stereocenters. The van der Waals surface area contributed by atoms with Crippen molar-refractivity contribution in [3.05, 3.63) is 117 Å². The second-order valence-electron chi connectivity index (χ2n) is 11.2. The first-order valence-electron chi connectivity index (χ1n) is 14.4. The first-order valence-corrected chi connectivity index (χ1v) is 14.4. The third-order valence-corrected chi connectivity index (χ3v) is 7.64. The topological polar surface area (TPSA) is 76.8 Å². The number of amidine groups is 1. The molecule has 3 aromatic rings. The zero-order valence-electron chi connectivity index (χ0n) is 25.3. The quantitative estimate of drug-likeness (QED) is 0.138. The van der Waals surface area contributed by atoms with Gasteiger partial charge in [0.1, 0.15) is 5.84 Å². The van der Waals surface area contributed by atoms with Crippen LogP contribution in [0.1, 0.15) is 107 Å². The van der Waals surface area contributed by atoms with Gasteiger partial charge in [0.25, 0.3) is 0 Å². The summed E-state index contributed by atoms with van der Waals surface area (Å²) in [6, 6.07) is 13.9. The highest BCUT2D eigenvalue weighted by atomic mass is 16.1. The van der Waals surface area contributed by atoms with Gasteiger partial charge < -0.3 is 5.73 Å². The van der Waals surface area contributed by atoms with Crippen molar-refractivity contribution < 1.29 is 0 Å². The van der Waals surface area contributed by atoms with Gasteiger partial charge in [-0.25, -0.2) is 4.79 Å². The van der Waals surface area contributed by atoms with Gasteiger partial charge in [-0.2, -0.15) is 0 Å². The molecule has 0 saturated carbocycles. The van der Waals surface area contributed by atoms with Crippen LogP contribution in [0.5, 0.6) is 0 Å². The summed E-state index contributed by atoms with van der Waals surface area (Å²) >= 11 is 0. The Morgan fingerprint density at radius 1 is 0.975 bits per heavy atom. The highest BCUT2D eigenvalue weighted by molar-refractivity contribution is 5.99. The average Bonchev–Trinajstić information content (AvgIpc) is 3.26. The van der Waals surface area contributed by atoms with Crippen molar-refractivity contribution in [3.8, 4) is 5.69 Å². The van der Waals surface area contributed by atoms with E-state index >= 15 is 0 Å². The van der Waals surface area contributed by atoms with Crippen LogP contribution in [0.4, 0.5) is 0 Å². The van der Waals surface area contributed by atoms with E-state index in [0.717, 1.165) is 47.4 Å². The number of para-hydroxylation sites is 1. The summed E-state index contributed by atoms with van der Waals surface area (Å²) < 4.78 is 3.83. The van der Waals surface area contributed by atoms with E-state index in [1.54, 1.807) is 0 Å². The molecule has 0 spiro atoms. The molecule has 5 heteroatoms. The zero-order valence-corrected chi connectivity index (χ0v) is 25.3. The van der Waals surface area contributed by atoms with Crippen LogP contribution in [0.15, 0.2) is 83.8 Å². The van der Waals surface area contributed by atoms with Crippen LogP contribution in [0, 0.1) is 5.41 Å². The molecule has 0 fully saturated rings. The maximum absolute atomic E-state index is 14.3. The molecule has 0 aliphatic carbocycles. The van der Waals surface area contributed by atoms with E-state index in [1.807, 2.05) is 58.6 Å². The summed E-state index contributed by atoms with van der Waals surface area (Å²) in [5.74, 6) is 0.616. The number of rotatable bonds is 12. The monoisotopic (exact) mass is 538 g/mol. The lowest BCUT2D eigenvalue weighted by atomic mass is 9.92. The normalized spacial score (nSPS) is 13.2. The van der Waals surface area contributed by atoms with Crippen molar-refractivity contribution >= 4 is 11.4 Å². The average molecular weight is 539 g/mol. The van der Waals surface area contributed by atoms with Crippen LogP contribution in [0.2, 0.25) is 0 Å². The van der Waals surface area contributed by atoms with Gasteiger partial charge in [-0.1, -0.05) is 108 Å². The molecule has 1 atom stereocenters. The molecule has 3 rings (SSSR count). The molecule has 0 aliphatic heterocycles. The number of allylic oxidation sites excluding steroid dienone is 5. The van der Waals surface area contributed by atoms with E-state index < -0.39 is 0 Å². The number of hydrogen-bond acceptors (Lipinski definition) is 2. The largest absolute Gasteiger partial charge is 0.384 e. The molecule has 0 saturated heterocycles. The molecule has 0 bridgehead atoms. The lowest BCUT2D eigenvalue weighted by molar-refractivity contribution is 0.573. The predicted octanol–water partition coefficient (Wildman–Crippen LogP) is 8.29. The van der Waals surface area contributed by atoms with Crippen LogP contribution in [-0.4, -0.2) is 15.0 Å². The Morgan fingerprint density at radius 2 is 1.57 bits per heavy atom. The summed E-state index contributed by atoms with van der Waals surface area (Å²) in [6.07, 6.45) is 10.8. The first-order chi connectivity index (χ1) is 19.0. The number of nitrogens with two attached hydrogens (primary N) is 1. The maximum atomic E-state index is 14.3. The lowest BCUT2D eigenvalue weighted by Crippen LogP contribution is -2.28. The molecule has 2 aromatic carbocycles. The summed E-state index contributed by atoms with van der Waals surface area (Å²) in [5.41, 5.74) is 13.8. The molecule has 5 nitrogen and oxygen atoms in total. The number of unbranched alkanes of at least 4 members (excludes halogenated alkanes) is 1. The van der Waals surface area contributed by atoms with Gasteiger partial charge in [0.05, 0.1) is 11.7 Å². The minimum absolute atomic E-state index is 0.0241. The second kappa shape index (κ2) is 13.5. The van der Waals surface area contributed by atoms with Gasteiger partial charge in [-0.15, -0.1) is 0 Å². The molecular weight excluding hydrogens is 492 g/mol. The van der Waals surface area contributed by atoms with Crippen LogP contribution in [0.3, 0.4) is 0 Å². The van der Waals surface area contributed by atoms with Crippen LogP contribution >= 0.6 is 0 Å². The van der Waals surface area contributed by atoms with E-state index in [4.69, 9.17) is 11.1 Å². The fourth-order valence-electron chi connectivity index (χ4n) is 5.31. The van der Waals surface area contributed by atoms with Crippen molar-refractivity contribution in [2.24, 2.45) is 5.73 Å². The number of nitrogen functional groups attached to an aromatic ring is 1. The molecular formula is C35H46N4O. The van der Waals surface area contributed by atoms with Gasteiger partial charge in [-0.05, 0) is 66.4 Å². The van der Waals surface area contributed by atoms with Crippen molar-refractivity contribution in [1.29, 1.82) is 5.41 Å². The fraction of sp³-hybridized carbons (Fsp3) is 0.371. The maximum Gasteiger partial charge on any atom is 0.333 e. The number of aromatic nitrogens is 2. The fourth-order valence-corrected chi connectivity index (χ4v) is 5.31. The summed E-state index contributed by atoms with van der Waals surface area (Å²) in [4.78, 5) is 14.3. The molecule has 0 radical (unpaired) electrons. The van der Waals surface area contributed by atoms with Crippen molar-refractivity contribution in [3.63, 3.8) is 0 Å². The standard InChI is InChI=1S/C35H46N4O/c1-9-11-15-28-22-38(33-29(23(3)4)18-14-19-30(33)24(5)6)35(40)39(28)26(8)27(10-2)21-20-25(7)31-16-12-13-17-32(31)34(36)37/h10,12-14,16-24,26H,2,9,11,15H2,1,3-8H3,(H3,36,37)/b25-20+,27-21+. The zero-order chi connectivity index (χ0) is 29.6. The van der Waals surface area contributed by atoms with Gasteiger partial charge >= 0.3 is 5.69 Å². The molecule has 40 heavy (non-hydrogen) atoms. The minimum atomic E-state index is -0.209. The summed E-state index contributed by atoms with van der Waals surface area (Å²) in [5, 5.41) is 7.94. The highest BCUT2D eigenvalue weighted by Gasteiger charge is 2.23. The van der Waals surface area contributed by atoms with Crippen LogP contribution in [0.25, 0.3) is 11.3 Å². The van der Waals surface area contributed by atoms with Gasteiger partial charge in [0.2, 0.25) is 0 Å². The van der Waals surface area contributed by atoms with Crippen LogP contribution in [-0.2, 0) is 6.42 Å². The Kier molecular flexibility index (Phi) is 10.3. The molecule has 1 aromatic heterocycles. The smallest absolute Gasteiger partial charge is 0.333 e. The Bertz CT molecular complexity index is 1450. The number of nitrogens with zero attached hydrogens (tertiary/aromatic N) is 2. The van der Waals surface area contributed by atoms with E-state index in [9.17, 15) is 4.79 Å². The van der Waals surface area contributed by atoms with Crippen molar-refractivity contribution in [1.82, 2.24) is 9.13 Å². The Hall–Kier alpha value is -3.86. The number of hydrogen-bond donors (Lipinski definition) is 2. The number of aryl methyl sites for hydroxylation is 1. The molecule has 212 valence electrons. The van der Waals surface area contributed by atoms with Crippen LogP contribution < -0.4 is 11.4 Å². The first kappa shape index (κ1) is 30.7. The Labute approximate surface area is 240 Å². The number of imidazole rings is 1. The Morgan fingerprint density at radius 3 is 2.10 bits per heavy atom.